The molecule has 0 heterocycles. The fraction of sp³-hybridized carbons (Fsp3) is 0.815. The molecular weight excluding hydrogens is 952 g/mol. The Bertz CT molecular complexity index is 1470. The van der Waals surface area contributed by atoms with Crippen LogP contribution < -0.4 is 5.32 Å². The largest absolute Gasteiger partial charge is 0.472 e. The molecule has 0 fully saturated rings. The normalized spacial score (nSPS) is 14.1. The van der Waals surface area contributed by atoms with E-state index in [4.69, 9.17) is 13.8 Å². The highest BCUT2D eigenvalue weighted by molar-refractivity contribution is 7.47. The van der Waals surface area contributed by atoms with Crippen LogP contribution >= 0.6 is 7.82 Å². The number of carbonyl (C=O) groups is 2. The summed E-state index contributed by atoms with van der Waals surface area (Å²) in [4.78, 5) is 37.6. The van der Waals surface area contributed by atoms with Crippen molar-refractivity contribution in [2.75, 3.05) is 40.9 Å². The quantitative estimate of drug-likeness (QED) is 0.0205. The fourth-order valence-electron chi connectivity index (χ4n) is 9.00. The zero-order valence-corrected chi connectivity index (χ0v) is 50.9. The molecule has 0 aromatic carbocycles. The van der Waals surface area contributed by atoms with Crippen molar-refractivity contribution in [2.45, 2.75) is 303 Å². The highest BCUT2D eigenvalue weighted by Crippen LogP contribution is 2.43. The van der Waals surface area contributed by atoms with Gasteiger partial charge < -0.3 is 19.4 Å². The number of unbranched alkanes of at least 4 members (excludes halogenated alkanes) is 33. The molecule has 0 aromatic rings. The molecule has 0 aliphatic carbocycles. The summed E-state index contributed by atoms with van der Waals surface area (Å²) in [5.41, 5.74) is 0. The molecule has 0 aliphatic heterocycles. The highest BCUT2D eigenvalue weighted by Gasteiger charge is 2.30. The lowest BCUT2D eigenvalue weighted by Gasteiger charge is -2.27. The molecule has 9 nitrogen and oxygen atoms in total. The Labute approximate surface area is 464 Å². The van der Waals surface area contributed by atoms with Crippen LogP contribution in [0.1, 0.15) is 290 Å². The van der Waals surface area contributed by atoms with Gasteiger partial charge in [-0.05, 0) is 96.0 Å². The van der Waals surface area contributed by atoms with Crippen LogP contribution in [0.25, 0.3) is 0 Å². The number of carbonyl (C=O) groups excluding carboxylic acids is 2. The van der Waals surface area contributed by atoms with E-state index >= 15 is 0 Å². The van der Waals surface area contributed by atoms with Crippen molar-refractivity contribution in [3.05, 3.63) is 60.8 Å². The second kappa shape index (κ2) is 55.0. The van der Waals surface area contributed by atoms with E-state index in [1.54, 1.807) is 0 Å². The lowest BCUT2D eigenvalue weighted by atomic mass is 10.0. The van der Waals surface area contributed by atoms with Crippen molar-refractivity contribution in [1.29, 1.82) is 0 Å². The molecule has 0 aliphatic rings. The minimum absolute atomic E-state index is 0.0371. The maximum atomic E-state index is 13.5. The monoisotopic (exact) mass is 1070 g/mol. The molecule has 3 atom stereocenters. The second-order valence-electron chi connectivity index (χ2n) is 22.6. The number of rotatable bonds is 57. The summed E-state index contributed by atoms with van der Waals surface area (Å²) < 4.78 is 30.6. The molecule has 10 heteroatoms. The predicted octanol–water partition coefficient (Wildman–Crippen LogP) is 19.4. The average molecular weight is 1070 g/mol. The zero-order chi connectivity index (χ0) is 55.0. The van der Waals surface area contributed by atoms with E-state index < -0.39 is 20.0 Å². The second-order valence-corrected chi connectivity index (χ2v) is 24.0. The number of phosphoric acid groups is 1. The number of likely N-dealkylation sites (N-methyl/N-ethyl adjacent to an activating group) is 1. The van der Waals surface area contributed by atoms with Crippen LogP contribution in [0.5, 0.6) is 0 Å². The number of nitrogens with one attached hydrogen (secondary N) is 1. The first-order valence-electron chi connectivity index (χ1n) is 31.6. The van der Waals surface area contributed by atoms with E-state index in [1.165, 1.54) is 173 Å². The molecule has 438 valence electrons. The van der Waals surface area contributed by atoms with Crippen LogP contribution in [0, 0.1) is 0 Å². The third kappa shape index (κ3) is 56.2. The van der Waals surface area contributed by atoms with Crippen molar-refractivity contribution in [3.63, 3.8) is 0 Å². The van der Waals surface area contributed by atoms with Gasteiger partial charge >= 0.3 is 13.8 Å². The number of ether oxygens (including phenoxy) is 1. The number of esters is 1. The molecule has 0 radical (unpaired) electrons. The molecule has 0 saturated carbocycles. The van der Waals surface area contributed by atoms with E-state index in [-0.39, 0.29) is 31.5 Å². The molecular formula is C65H122N2O7P+. The summed E-state index contributed by atoms with van der Waals surface area (Å²) in [7, 11) is 1.49. The number of phosphoric ester groups is 1. The Hall–Kier alpha value is -2.29. The standard InChI is InChI=1S/C65H121N2O7P/c1-7-10-13-16-19-22-25-27-28-29-30-31-32-33-34-35-36-37-38-40-42-45-48-51-54-57-64(68)66-62(61-73-75(70,71)72-60-59-67(4,5)6)63(56-53-50-47-44-41-24-21-18-15-12-9-3)74-65(69)58-55-52-49-46-43-39-26-23-20-17-14-11-8-2/h19,22,27-28,30-31,39,43,53,56,62-63H,7-18,20-21,23-26,29,32-38,40-42,44-52,54-55,57-61H2,1-6H3,(H-,66,68,70,71)/p+1/b22-19-,28-27-,31-30-,43-39-,56-53-. The molecule has 75 heavy (non-hydrogen) atoms. The topological polar surface area (TPSA) is 111 Å². The third-order valence-corrected chi connectivity index (χ3v) is 14.9. The van der Waals surface area contributed by atoms with Crippen LogP contribution in [0.4, 0.5) is 0 Å². The molecule has 0 rings (SSSR count). The van der Waals surface area contributed by atoms with E-state index in [2.05, 4.69) is 74.7 Å². The van der Waals surface area contributed by atoms with E-state index in [0.29, 0.717) is 23.9 Å². The zero-order valence-electron chi connectivity index (χ0n) is 50.0. The van der Waals surface area contributed by atoms with Crippen LogP contribution in [0.3, 0.4) is 0 Å². The van der Waals surface area contributed by atoms with Gasteiger partial charge in [0.1, 0.15) is 19.3 Å². The van der Waals surface area contributed by atoms with Crippen LogP contribution in [0.2, 0.25) is 0 Å². The summed E-state index contributed by atoms with van der Waals surface area (Å²) >= 11 is 0. The van der Waals surface area contributed by atoms with Gasteiger partial charge in [0.05, 0.1) is 33.8 Å². The summed E-state index contributed by atoms with van der Waals surface area (Å²) in [6.07, 6.45) is 69.4. The lowest BCUT2D eigenvalue weighted by Crippen LogP contribution is -2.47. The van der Waals surface area contributed by atoms with Crippen LogP contribution in [0.15, 0.2) is 60.8 Å². The average Bonchev–Trinajstić information content (AvgIpc) is 3.37. The van der Waals surface area contributed by atoms with Gasteiger partial charge in [-0.25, -0.2) is 4.57 Å². The van der Waals surface area contributed by atoms with Gasteiger partial charge in [0.2, 0.25) is 5.91 Å². The highest BCUT2D eigenvalue weighted by atomic mass is 31.2. The number of amides is 1. The van der Waals surface area contributed by atoms with Gasteiger partial charge in [0.15, 0.2) is 0 Å². The Morgan fingerprint density at radius 2 is 0.813 bits per heavy atom. The van der Waals surface area contributed by atoms with Gasteiger partial charge in [-0.1, -0.05) is 242 Å². The maximum absolute atomic E-state index is 13.5. The van der Waals surface area contributed by atoms with Crippen LogP contribution in [-0.4, -0.2) is 74.3 Å². The number of hydrogen-bond acceptors (Lipinski definition) is 6. The molecule has 0 bridgehead atoms. The smallest absolute Gasteiger partial charge is 0.456 e. The number of allylic oxidation sites excluding steroid dienone is 9. The molecule has 0 aromatic heterocycles. The van der Waals surface area contributed by atoms with Gasteiger partial charge in [0, 0.05) is 12.8 Å². The molecule has 3 unspecified atom stereocenters. The summed E-state index contributed by atoms with van der Waals surface area (Å²) in [5.74, 6) is -0.521. The summed E-state index contributed by atoms with van der Waals surface area (Å²) in [6.45, 7) is 6.97. The maximum Gasteiger partial charge on any atom is 0.472 e. The van der Waals surface area contributed by atoms with Gasteiger partial charge in [-0.3, -0.25) is 18.6 Å². The molecule has 0 saturated heterocycles. The SMILES string of the molecule is CCCCC/C=C\C/C=C\C/C=C\CCCCCCCCCCCCCCC(=O)NC(COP(=O)(O)OCC[N+](C)(C)C)C(/C=C\CCCCCCCCCCC)OC(=O)CCCCC/C=C\CCCCCCCC. The van der Waals surface area contributed by atoms with E-state index in [0.717, 1.165) is 77.0 Å². The van der Waals surface area contributed by atoms with Crippen molar-refractivity contribution in [2.24, 2.45) is 0 Å². The molecule has 0 spiro atoms. The fourth-order valence-corrected chi connectivity index (χ4v) is 9.74. The van der Waals surface area contributed by atoms with Gasteiger partial charge in [0.25, 0.3) is 0 Å². The number of nitrogens with zero attached hydrogens (tertiary/aromatic N) is 1. The molecule has 2 N–H and O–H groups in total. The number of hydrogen-bond donors (Lipinski definition) is 2. The van der Waals surface area contributed by atoms with Gasteiger partial charge in [-0.2, -0.15) is 0 Å². The van der Waals surface area contributed by atoms with Crippen molar-refractivity contribution >= 4 is 19.7 Å². The first kappa shape index (κ1) is 72.7. The lowest BCUT2D eigenvalue weighted by molar-refractivity contribution is -0.870. The molecule has 1 amide bonds. The van der Waals surface area contributed by atoms with E-state index in [1.807, 2.05) is 33.3 Å². The Morgan fingerprint density at radius 1 is 0.467 bits per heavy atom. The minimum atomic E-state index is -4.45. The van der Waals surface area contributed by atoms with Crippen molar-refractivity contribution in [3.8, 4) is 0 Å². The Balaban J connectivity index is 5.08. The van der Waals surface area contributed by atoms with Gasteiger partial charge in [-0.15, -0.1) is 0 Å². The first-order valence-corrected chi connectivity index (χ1v) is 33.1. The summed E-state index contributed by atoms with van der Waals surface area (Å²) in [5, 5.41) is 3.05. The van der Waals surface area contributed by atoms with E-state index in [9.17, 15) is 19.0 Å². The van der Waals surface area contributed by atoms with Crippen molar-refractivity contribution in [1.82, 2.24) is 5.32 Å². The first-order chi connectivity index (χ1) is 36.4. The predicted molar refractivity (Wildman–Crippen MR) is 323 cm³/mol. The number of quaternary nitrogens is 1. The van der Waals surface area contributed by atoms with Crippen LogP contribution in [-0.2, 0) is 27.9 Å². The Kier molecular flexibility index (Phi) is 53.4. The summed E-state index contributed by atoms with van der Waals surface area (Å²) in [6, 6.07) is -0.855. The minimum Gasteiger partial charge on any atom is -0.456 e. The Morgan fingerprint density at radius 3 is 1.27 bits per heavy atom. The van der Waals surface area contributed by atoms with Crippen molar-refractivity contribution < 1.29 is 37.3 Å². The third-order valence-electron chi connectivity index (χ3n) is 13.9.